The SMILES string of the molecule is CC1(C)O[C@H]2[C@@H]3CC[C@@H]4C[C@@]5(C)[C@H](c6ccoc6CCCCCCCCO)OC(=O)[C@H]6O[C@]65[C@]5(C)[C@H](O)C(=O)[C@H]1[C@@]2(COC3=O)[C@@H]45. The summed E-state index contributed by atoms with van der Waals surface area (Å²) >= 11 is 0. The van der Waals surface area contributed by atoms with Gasteiger partial charge in [-0.15, -0.1) is 0 Å². The maximum atomic E-state index is 14.6. The second kappa shape index (κ2) is 10.1. The molecule has 2 bridgehead atoms. The van der Waals surface area contributed by atoms with E-state index in [9.17, 15) is 19.5 Å². The van der Waals surface area contributed by atoms with Gasteiger partial charge in [-0.25, -0.2) is 4.79 Å². The van der Waals surface area contributed by atoms with Crippen LogP contribution in [0.1, 0.15) is 103 Å². The average molecular weight is 641 g/mol. The summed E-state index contributed by atoms with van der Waals surface area (Å²) in [5.41, 5.74) is -3.97. The molecule has 4 saturated heterocycles. The molecule has 10 nitrogen and oxygen atoms in total. The first-order valence-electron chi connectivity index (χ1n) is 17.5. The Morgan fingerprint density at radius 1 is 0.913 bits per heavy atom. The fourth-order valence-corrected chi connectivity index (χ4v) is 12.4. The Labute approximate surface area is 269 Å². The highest BCUT2D eigenvalue weighted by Gasteiger charge is 2.92. The topological polar surface area (TPSA) is 145 Å². The van der Waals surface area contributed by atoms with Gasteiger partial charge in [0.15, 0.2) is 11.9 Å². The molecule has 10 heteroatoms. The molecule has 4 aliphatic heterocycles. The van der Waals surface area contributed by atoms with Crippen molar-refractivity contribution in [2.45, 2.75) is 128 Å². The Balaban J connectivity index is 1.20. The maximum Gasteiger partial charge on any atom is 0.339 e. The van der Waals surface area contributed by atoms with E-state index in [4.69, 9.17) is 28.5 Å². The zero-order valence-corrected chi connectivity index (χ0v) is 27.4. The summed E-state index contributed by atoms with van der Waals surface area (Å²) in [7, 11) is 0. The highest BCUT2D eigenvalue weighted by atomic mass is 16.7. The lowest BCUT2D eigenvalue weighted by molar-refractivity contribution is -0.266. The average Bonchev–Trinajstić information content (AvgIpc) is 3.58. The van der Waals surface area contributed by atoms with Crippen LogP contribution < -0.4 is 0 Å². The number of ketones is 1. The molecule has 5 heterocycles. The number of cyclic esters (lactones) is 2. The van der Waals surface area contributed by atoms with Crippen molar-refractivity contribution in [1.82, 2.24) is 0 Å². The first-order valence-corrected chi connectivity index (χ1v) is 17.5. The number of aryl methyl sites for hydroxylation is 1. The van der Waals surface area contributed by atoms with Crippen LogP contribution in [0.5, 0.6) is 0 Å². The van der Waals surface area contributed by atoms with Crippen molar-refractivity contribution in [2.75, 3.05) is 13.2 Å². The lowest BCUT2D eigenvalue weighted by Crippen LogP contribution is -2.77. The van der Waals surface area contributed by atoms with Gasteiger partial charge in [-0.1, -0.05) is 39.5 Å². The molecule has 3 saturated carbocycles. The molecular formula is C36H48O10. The van der Waals surface area contributed by atoms with Gasteiger partial charge < -0.3 is 33.6 Å². The molecule has 0 aromatic carbocycles. The summed E-state index contributed by atoms with van der Waals surface area (Å²) in [6.07, 6.45) is 6.77. The fraction of sp³-hybridized carbons (Fsp3) is 0.806. The number of unbranched alkanes of at least 4 members (excludes halogenated alkanes) is 5. The highest BCUT2D eigenvalue weighted by Crippen LogP contribution is 2.82. The third-order valence-electron chi connectivity index (χ3n) is 13.8. The quantitative estimate of drug-likeness (QED) is 0.229. The largest absolute Gasteiger partial charge is 0.469 e. The van der Waals surface area contributed by atoms with Crippen LogP contribution in [0, 0.1) is 39.9 Å². The highest BCUT2D eigenvalue weighted by molar-refractivity contribution is 5.92. The molecule has 46 heavy (non-hydrogen) atoms. The van der Waals surface area contributed by atoms with Crippen molar-refractivity contribution in [3.05, 3.63) is 23.7 Å². The minimum atomic E-state index is -1.39. The number of epoxide rings is 1. The number of rotatable bonds is 9. The summed E-state index contributed by atoms with van der Waals surface area (Å²) in [6, 6.07) is 1.90. The molecule has 252 valence electrons. The molecule has 3 aliphatic carbocycles. The molecule has 2 spiro atoms. The molecule has 7 aliphatic rings. The van der Waals surface area contributed by atoms with Crippen molar-refractivity contribution in [2.24, 2.45) is 39.9 Å². The van der Waals surface area contributed by atoms with Gasteiger partial charge in [0.1, 0.15) is 30.2 Å². The van der Waals surface area contributed by atoms with Gasteiger partial charge >= 0.3 is 11.9 Å². The van der Waals surface area contributed by atoms with E-state index in [0.29, 0.717) is 25.7 Å². The van der Waals surface area contributed by atoms with Gasteiger partial charge in [0, 0.05) is 34.8 Å². The zero-order valence-electron chi connectivity index (χ0n) is 27.4. The zero-order chi connectivity index (χ0) is 32.4. The Hall–Kier alpha value is -2.27. The normalized spacial score (nSPS) is 47.7. The van der Waals surface area contributed by atoms with Crippen LogP contribution in [0.15, 0.2) is 16.7 Å². The van der Waals surface area contributed by atoms with E-state index in [-0.39, 0.29) is 36.8 Å². The van der Waals surface area contributed by atoms with E-state index >= 15 is 0 Å². The Kier molecular flexibility index (Phi) is 6.83. The van der Waals surface area contributed by atoms with E-state index in [1.165, 1.54) is 0 Å². The lowest BCUT2D eigenvalue weighted by Gasteiger charge is -2.68. The van der Waals surface area contributed by atoms with Crippen molar-refractivity contribution in [3.63, 3.8) is 0 Å². The van der Waals surface area contributed by atoms with Gasteiger partial charge in [-0.05, 0) is 63.9 Å². The number of hydrogen-bond acceptors (Lipinski definition) is 10. The molecule has 2 N–H and O–H groups in total. The summed E-state index contributed by atoms with van der Waals surface area (Å²) < 4.78 is 31.6. The van der Waals surface area contributed by atoms with Crippen molar-refractivity contribution < 1.29 is 48.0 Å². The van der Waals surface area contributed by atoms with E-state index in [1.54, 1.807) is 6.26 Å². The lowest BCUT2D eigenvalue weighted by atomic mass is 9.34. The van der Waals surface area contributed by atoms with Crippen LogP contribution in [0.3, 0.4) is 0 Å². The predicted octanol–water partition coefficient (Wildman–Crippen LogP) is 4.23. The molecule has 1 aromatic rings. The van der Waals surface area contributed by atoms with Gasteiger partial charge in [0.25, 0.3) is 0 Å². The van der Waals surface area contributed by atoms with Crippen molar-refractivity contribution in [3.8, 4) is 0 Å². The molecule has 7 fully saturated rings. The smallest absolute Gasteiger partial charge is 0.339 e. The molecule has 1 aromatic heterocycles. The molecular weight excluding hydrogens is 592 g/mol. The maximum absolute atomic E-state index is 14.6. The van der Waals surface area contributed by atoms with Crippen LogP contribution in [0.2, 0.25) is 0 Å². The van der Waals surface area contributed by atoms with Crippen molar-refractivity contribution in [1.29, 1.82) is 0 Å². The number of Topliss-reactive ketones (excluding diaryl/α,β-unsaturated/α-hetero) is 1. The van der Waals surface area contributed by atoms with Crippen LogP contribution in [0.4, 0.5) is 0 Å². The minimum absolute atomic E-state index is 0.00352. The number of furan rings is 1. The Morgan fingerprint density at radius 3 is 2.41 bits per heavy atom. The standard InChI is InChI=1S/C36H48O10/c1-32(2)25-23(38)26(39)34(4)24-19(12-13-21-28(45-32)35(24,25)18-43-30(21)40)17-33(3)27(44-31(41)29-36(33,34)46-29)20-14-16-42-22(20)11-9-7-5-6-8-10-15-37/h14,16,19,21,24-29,37,39H,5-13,15,17-18H2,1-4H3/t19-,21+,24+,25-,26-,27+,28+,29-,33+,34+,35-,36-/m1/s1. The molecule has 12 atom stereocenters. The second-order valence-corrected chi connectivity index (χ2v) is 16.4. The second-order valence-electron chi connectivity index (χ2n) is 16.4. The first kappa shape index (κ1) is 31.0. The van der Waals surface area contributed by atoms with E-state index in [1.807, 2.05) is 26.8 Å². The third-order valence-corrected chi connectivity index (χ3v) is 13.8. The van der Waals surface area contributed by atoms with Gasteiger partial charge in [-0.2, -0.15) is 0 Å². The van der Waals surface area contributed by atoms with Crippen LogP contribution in [0.25, 0.3) is 0 Å². The molecule has 0 radical (unpaired) electrons. The number of esters is 2. The van der Waals surface area contributed by atoms with Crippen LogP contribution in [-0.4, -0.2) is 70.7 Å². The number of aliphatic hydroxyl groups excluding tert-OH is 2. The minimum Gasteiger partial charge on any atom is -0.469 e. The van der Waals surface area contributed by atoms with Crippen LogP contribution in [-0.2, 0) is 39.8 Å². The third kappa shape index (κ3) is 3.60. The number of aliphatic hydroxyl groups is 2. The monoisotopic (exact) mass is 640 g/mol. The number of hydrogen-bond donors (Lipinski definition) is 2. The van der Waals surface area contributed by atoms with Gasteiger partial charge in [0.05, 0.1) is 29.8 Å². The van der Waals surface area contributed by atoms with E-state index in [0.717, 1.165) is 49.8 Å². The van der Waals surface area contributed by atoms with Crippen LogP contribution >= 0.6 is 0 Å². The molecule has 0 unspecified atom stereocenters. The summed E-state index contributed by atoms with van der Waals surface area (Å²) in [5, 5.41) is 21.4. The van der Waals surface area contributed by atoms with E-state index in [2.05, 4.69) is 6.92 Å². The molecule has 8 rings (SSSR count). The van der Waals surface area contributed by atoms with Crippen molar-refractivity contribution >= 4 is 17.7 Å². The fourth-order valence-electron chi connectivity index (χ4n) is 12.4. The Morgan fingerprint density at radius 2 is 1.65 bits per heavy atom. The summed E-state index contributed by atoms with van der Waals surface area (Å²) in [5.74, 6) is -1.68. The van der Waals surface area contributed by atoms with Gasteiger partial charge in [-0.3, -0.25) is 9.59 Å². The Bertz CT molecular complexity index is 1450. The number of ether oxygens (including phenoxy) is 4. The summed E-state index contributed by atoms with van der Waals surface area (Å²) in [4.78, 5) is 41.6. The number of carbonyl (C=O) groups is 3. The summed E-state index contributed by atoms with van der Waals surface area (Å²) in [6.45, 7) is 8.15. The van der Waals surface area contributed by atoms with Gasteiger partial charge in [0.2, 0.25) is 0 Å². The predicted molar refractivity (Wildman–Crippen MR) is 161 cm³/mol. The first-order chi connectivity index (χ1) is 21.9. The molecule has 0 amide bonds. The van der Waals surface area contributed by atoms with E-state index < -0.39 is 69.7 Å². The number of carbonyl (C=O) groups excluding carboxylic acids is 3.